The lowest BCUT2D eigenvalue weighted by molar-refractivity contribution is -0.0221. The average Bonchev–Trinajstić information content (AvgIpc) is 4.12. The van der Waals surface area contributed by atoms with Gasteiger partial charge in [0, 0.05) is 57.2 Å². The van der Waals surface area contributed by atoms with Crippen LogP contribution >= 0.6 is 23.5 Å². The lowest BCUT2D eigenvalue weighted by Gasteiger charge is -2.21. The monoisotopic (exact) mass is 953 g/mol. The number of nitrogens with zero attached hydrogens (tertiary/aromatic N) is 1. The van der Waals surface area contributed by atoms with Gasteiger partial charge in [-0.3, -0.25) is 0 Å². The molecule has 9 heteroatoms. The fourth-order valence-electron chi connectivity index (χ4n) is 7.56. The molecule has 1 N–H and O–H groups in total. The Balaban J connectivity index is 0.000000362. The third-order valence-electron chi connectivity index (χ3n) is 13.0. The largest absolute Gasteiger partial charge is 0.381 e. The first kappa shape index (κ1) is 62.7. The van der Waals surface area contributed by atoms with Crippen molar-refractivity contribution >= 4 is 23.5 Å². The van der Waals surface area contributed by atoms with E-state index in [0.717, 1.165) is 115 Å². The molecule has 8 aliphatic heterocycles. The van der Waals surface area contributed by atoms with Gasteiger partial charge >= 0.3 is 0 Å². The van der Waals surface area contributed by atoms with E-state index >= 15 is 0 Å². The van der Waals surface area contributed by atoms with Crippen molar-refractivity contribution in [2.24, 2.45) is 29.6 Å². The van der Waals surface area contributed by atoms with E-state index < -0.39 is 0 Å². The van der Waals surface area contributed by atoms with Crippen LogP contribution in [0.5, 0.6) is 0 Å². The molecule has 6 saturated heterocycles. The Bertz CT molecular complexity index is 1010. The summed E-state index contributed by atoms with van der Waals surface area (Å²) in [6.07, 6.45) is 30.5. The van der Waals surface area contributed by atoms with Gasteiger partial charge in [0.15, 0.2) is 0 Å². The van der Waals surface area contributed by atoms with Crippen molar-refractivity contribution in [1.29, 1.82) is 0 Å². The first-order chi connectivity index (χ1) is 31.4. The van der Waals surface area contributed by atoms with Crippen molar-refractivity contribution in [3.63, 3.8) is 0 Å². The van der Waals surface area contributed by atoms with Crippen LogP contribution in [0.25, 0.3) is 0 Å². The highest BCUT2D eigenvalue weighted by Crippen LogP contribution is 2.23. The molecule has 0 radical (unpaired) electrons. The molecule has 0 aromatic rings. The molecule has 0 amide bonds. The van der Waals surface area contributed by atoms with Crippen molar-refractivity contribution in [3.8, 4) is 0 Å². The van der Waals surface area contributed by atoms with Crippen molar-refractivity contribution < 1.29 is 23.7 Å². The van der Waals surface area contributed by atoms with Crippen LogP contribution in [0, 0.1) is 29.6 Å². The number of allylic oxidation sites excluding steroid dienone is 3. The molecule has 0 unspecified atom stereocenters. The first-order valence-corrected chi connectivity index (χ1v) is 29.2. The second-order valence-electron chi connectivity index (χ2n) is 20.6. The third-order valence-corrected chi connectivity index (χ3v) is 14.9. The van der Waals surface area contributed by atoms with Crippen LogP contribution in [0.1, 0.15) is 171 Å². The van der Waals surface area contributed by atoms with Gasteiger partial charge in [0.05, 0.1) is 39.6 Å². The standard InChI is InChI=1S/C7H14.C7H12.C6H12O.C6H12S.C6H10S.C5H11NO.C5H11N.C5H10O.C5H8O.C4H8O/c2*1-7-5-3-2-4-6-7;4*1-6-2-4-7-5-3-6;1-5-3-2-4-6-5;2*1-5-2-3-6-4-5;1-4-2-5-3-4/h7H,2-6H2,1H3;5H,2-4,6H2,1H3;2*6H,2-5H2,1H3;2H,3-5H2,1H3;2-5H2,1H3;5-6H,2-4H2,1H3;5H,2-4H2,1H3;2H,3-4H2,1H3;4H,2-3H2,1H3/t;;;;;;2*5-;;/m......10../s1. The molecule has 8 heterocycles. The molecule has 2 aliphatic carbocycles. The van der Waals surface area contributed by atoms with Gasteiger partial charge in [-0.05, 0) is 165 Å². The predicted molar refractivity (Wildman–Crippen MR) is 289 cm³/mol. The van der Waals surface area contributed by atoms with Crippen molar-refractivity contribution in [2.75, 3.05) is 116 Å². The molecule has 1 saturated carbocycles. The minimum atomic E-state index is 0.796. The molecular weight excluding hydrogens is 845 g/mol. The van der Waals surface area contributed by atoms with Gasteiger partial charge in [-0.25, -0.2) is 0 Å². The van der Waals surface area contributed by atoms with Crippen LogP contribution in [0.3, 0.4) is 0 Å². The summed E-state index contributed by atoms with van der Waals surface area (Å²) in [5.41, 5.74) is 4.51. The van der Waals surface area contributed by atoms with E-state index in [-0.39, 0.29) is 0 Å². The molecule has 0 spiro atoms. The zero-order valence-corrected chi connectivity index (χ0v) is 46.2. The minimum Gasteiger partial charge on any atom is -0.381 e. The Kier molecular flexibility index (Phi) is 43.2. The molecule has 65 heavy (non-hydrogen) atoms. The first-order valence-electron chi connectivity index (χ1n) is 26.9. The van der Waals surface area contributed by atoms with Gasteiger partial charge in [0.25, 0.3) is 0 Å². The molecule has 384 valence electrons. The third kappa shape index (κ3) is 43.4. The van der Waals surface area contributed by atoms with Gasteiger partial charge in [-0.15, -0.1) is 0 Å². The zero-order valence-electron chi connectivity index (χ0n) is 44.5. The number of ether oxygens (including phenoxy) is 5. The van der Waals surface area contributed by atoms with E-state index in [1.165, 1.54) is 144 Å². The van der Waals surface area contributed by atoms with E-state index in [4.69, 9.17) is 23.7 Å². The molecule has 2 atom stereocenters. The SMILES string of the molecule is CC1=CCCCC1.CC1=CCOC1.CC1=CCSCC1.CC1CCCCC1.CC1CCOCC1.CC1CCSCC1.CC1COC1.CN1CCOCC1.C[C@@H]1CCCN1.C[C@H]1CCOC1. The van der Waals surface area contributed by atoms with E-state index in [1.54, 1.807) is 11.1 Å². The molecule has 7 fully saturated rings. The number of likely N-dealkylation sites (N-methyl/N-ethyl adjacent to an activating group) is 1. The highest BCUT2D eigenvalue weighted by molar-refractivity contribution is 7.99. The summed E-state index contributed by atoms with van der Waals surface area (Å²) in [7, 11) is 2.11. The van der Waals surface area contributed by atoms with Crippen LogP contribution in [-0.4, -0.2) is 127 Å². The smallest absolute Gasteiger partial charge is 0.0679 e. The van der Waals surface area contributed by atoms with Crippen LogP contribution in [0.4, 0.5) is 0 Å². The van der Waals surface area contributed by atoms with E-state index in [9.17, 15) is 0 Å². The summed E-state index contributed by atoms with van der Waals surface area (Å²) in [5, 5.41) is 3.32. The molecule has 7 nitrogen and oxygen atoms in total. The maximum atomic E-state index is 5.14. The maximum absolute atomic E-state index is 5.14. The summed E-state index contributed by atoms with van der Waals surface area (Å²) < 4.78 is 25.1. The number of morpholine rings is 1. The number of rotatable bonds is 0. The quantitative estimate of drug-likeness (QED) is 0.239. The van der Waals surface area contributed by atoms with Crippen molar-refractivity contribution in [3.05, 3.63) is 34.9 Å². The molecule has 0 aromatic heterocycles. The van der Waals surface area contributed by atoms with Crippen LogP contribution in [0.15, 0.2) is 34.9 Å². The molecule has 0 aromatic carbocycles. The fraction of sp³-hybridized carbons (Fsp3) is 0.893. The number of hydrogen-bond acceptors (Lipinski definition) is 9. The lowest BCUT2D eigenvalue weighted by Crippen LogP contribution is -2.32. The molecular formula is C56H108N2O5S2. The van der Waals surface area contributed by atoms with E-state index in [0.29, 0.717) is 0 Å². The lowest BCUT2D eigenvalue weighted by atomic mass is 9.91. The van der Waals surface area contributed by atoms with Gasteiger partial charge in [0.1, 0.15) is 0 Å². The van der Waals surface area contributed by atoms with Gasteiger partial charge < -0.3 is 33.9 Å². The predicted octanol–water partition coefficient (Wildman–Crippen LogP) is 14.1. The normalized spacial score (nSPS) is 25.8. The summed E-state index contributed by atoms with van der Waals surface area (Å²) in [6, 6.07) is 0.796. The summed E-state index contributed by atoms with van der Waals surface area (Å²) in [5.74, 6) is 10.0. The van der Waals surface area contributed by atoms with E-state index in [1.807, 2.05) is 11.8 Å². The topological polar surface area (TPSA) is 61.4 Å². The Morgan fingerprint density at radius 2 is 1.09 bits per heavy atom. The number of nitrogens with one attached hydrogen (secondary N) is 1. The maximum Gasteiger partial charge on any atom is 0.0679 e. The van der Waals surface area contributed by atoms with Crippen LogP contribution < -0.4 is 5.32 Å². The number of hydrogen-bond donors (Lipinski definition) is 1. The van der Waals surface area contributed by atoms with Gasteiger partial charge in [-0.1, -0.05) is 96.1 Å². The van der Waals surface area contributed by atoms with Gasteiger partial charge in [0.2, 0.25) is 0 Å². The second kappa shape index (κ2) is 44.8. The Morgan fingerprint density at radius 1 is 0.492 bits per heavy atom. The molecule has 10 rings (SSSR count). The summed E-state index contributed by atoms with van der Waals surface area (Å²) in [6.45, 7) is 33.0. The summed E-state index contributed by atoms with van der Waals surface area (Å²) >= 11 is 4.12. The molecule has 10 aliphatic rings. The van der Waals surface area contributed by atoms with Crippen LogP contribution in [-0.2, 0) is 23.7 Å². The van der Waals surface area contributed by atoms with Crippen molar-refractivity contribution in [1.82, 2.24) is 10.2 Å². The minimum absolute atomic E-state index is 0.796. The Morgan fingerprint density at radius 3 is 1.32 bits per heavy atom. The molecule has 0 bridgehead atoms. The number of thioether (sulfide) groups is 2. The Hall–Kier alpha value is -0.360. The highest BCUT2D eigenvalue weighted by Gasteiger charge is 2.11. The van der Waals surface area contributed by atoms with Crippen LogP contribution in [0.2, 0.25) is 0 Å². The van der Waals surface area contributed by atoms with Gasteiger partial charge in [-0.2, -0.15) is 23.5 Å². The average molecular weight is 954 g/mol. The van der Waals surface area contributed by atoms with E-state index in [2.05, 4.69) is 110 Å². The summed E-state index contributed by atoms with van der Waals surface area (Å²) in [4.78, 5) is 2.27. The second-order valence-corrected chi connectivity index (χ2v) is 23.0. The zero-order chi connectivity index (χ0) is 47.6. The highest BCUT2D eigenvalue weighted by atomic mass is 32.2. The van der Waals surface area contributed by atoms with Crippen molar-refractivity contribution in [2.45, 2.75) is 178 Å². The fourth-order valence-corrected chi connectivity index (χ4v) is 9.93. The Labute approximate surface area is 413 Å².